The molecule has 32 heavy (non-hydrogen) atoms. The molecule has 8 heteroatoms. The molecule has 2 aromatic carbocycles. The first-order chi connectivity index (χ1) is 15.3. The van der Waals surface area contributed by atoms with E-state index in [4.69, 9.17) is 23.2 Å². The van der Waals surface area contributed by atoms with Gasteiger partial charge in [-0.3, -0.25) is 14.4 Å². The van der Waals surface area contributed by atoms with Gasteiger partial charge in [0.15, 0.2) is 0 Å². The molecule has 2 heterocycles. The molecule has 0 aliphatic carbocycles. The molecule has 1 fully saturated rings. The molecule has 168 valence electrons. The molecule has 5 nitrogen and oxygen atoms in total. The van der Waals surface area contributed by atoms with E-state index >= 15 is 0 Å². The van der Waals surface area contributed by atoms with Crippen molar-refractivity contribution in [3.63, 3.8) is 0 Å². The highest BCUT2D eigenvalue weighted by molar-refractivity contribution is 9.10. The zero-order chi connectivity index (χ0) is 22.8. The van der Waals surface area contributed by atoms with Crippen LogP contribution in [0.3, 0.4) is 0 Å². The summed E-state index contributed by atoms with van der Waals surface area (Å²) in [5.74, 6) is 0.0746. The van der Waals surface area contributed by atoms with Crippen molar-refractivity contribution in [3.8, 4) is 0 Å². The Bertz CT molecular complexity index is 1140. The number of carbonyl (C=O) groups is 1. The second-order valence-corrected chi connectivity index (χ2v) is 9.78. The van der Waals surface area contributed by atoms with E-state index < -0.39 is 0 Å². The number of aromatic nitrogens is 2. The Balaban J connectivity index is 1.38. The van der Waals surface area contributed by atoms with Crippen LogP contribution in [0.4, 0.5) is 0 Å². The predicted octanol–water partition coefficient (Wildman–Crippen LogP) is 5.58. The molecule has 1 saturated heterocycles. The Morgan fingerprint density at radius 2 is 1.78 bits per heavy atom. The molecule has 0 radical (unpaired) electrons. The van der Waals surface area contributed by atoms with Crippen LogP contribution in [0.1, 0.15) is 32.9 Å². The van der Waals surface area contributed by atoms with Gasteiger partial charge in [-0.05, 0) is 65.2 Å². The molecule has 1 amide bonds. The lowest BCUT2D eigenvalue weighted by atomic mass is 10.1. The van der Waals surface area contributed by atoms with Gasteiger partial charge in [0.2, 0.25) is 0 Å². The van der Waals surface area contributed by atoms with Gasteiger partial charge in [-0.25, -0.2) is 0 Å². The molecule has 0 atom stereocenters. The number of hydrogen-bond acceptors (Lipinski definition) is 3. The Kier molecular flexibility index (Phi) is 7.25. The van der Waals surface area contributed by atoms with Crippen molar-refractivity contribution in [2.24, 2.45) is 0 Å². The van der Waals surface area contributed by atoms with Gasteiger partial charge in [0, 0.05) is 48.3 Å². The van der Waals surface area contributed by atoms with Gasteiger partial charge in [0.25, 0.3) is 5.91 Å². The van der Waals surface area contributed by atoms with Gasteiger partial charge >= 0.3 is 0 Å². The van der Waals surface area contributed by atoms with Crippen molar-refractivity contribution in [1.82, 2.24) is 19.6 Å². The summed E-state index contributed by atoms with van der Waals surface area (Å²) in [6, 6.07) is 13.5. The molecule has 0 spiro atoms. The van der Waals surface area contributed by atoms with Crippen LogP contribution in [-0.4, -0.2) is 51.7 Å². The average molecular weight is 536 g/mol. The van der Waals surface area contributed by atoms with E-state index in [-0.39, 0.29) is 5.91 Å². The number of aryl methyl sites for hydroxylation is 1. The number of carbonyl (C=O) groups excluding carboxylic acids is 1. The summed E-state index contributed by atoms with van der Waals surface area (Å²) in [5.41, 5.74) is 4.88. The first-order valence-corrected chi connectivity index (χ1v) is 12.1. The number of hydrogen-bond donors (Lipinski definition) is 0. The second-order valence-electron chi connectivity index (χ2n) is 8.15. The van der Waals surface area contributed by atoms with Crippen molar-refractivity contribution in [1.29, 1.82) is 0 Å². The number of piperazine rings is 1. The normalized spacial score (nSPS) is 14.7. The lowest BCUT2D eigenvalue weighted by Gasteiger charge is -2.35. The highest BCUT2D eigenvalue weighted by Gasteiger charge is 2.23. The number of rotatable bonds is 5. The van der Waals surface area contributed by atoms with E-state index in [1.807, 2.05) is 59.8 Å². The second kappa shape index (κ2) is 9.96. The Morgan fingerprint density at radius 1 is 1.03 bits per heavy atom. The summed E-state index contributed by atoms with van der Waals surface area (Å²) >= 11 is 15.9. The number of nitrogens with zero attached hydrogens (tertiary/aromatic N) is 4. The molecule has 3 aromatic rings. The summed E-state index contributed by atoms with van der Waals surface area (Å²) < 4.78 is 2.99. The van der Waals surface area contributed by atoms with E-state index in [2.05, 4.69) is 25.9 Å². The first kappa shape index (κ1) is 23.3. The third-order valence-electron chi connectivity index (χ3n) is 5.87. The number of amides is 1. The molecular weight excluding hydrogens is 511 g/mol. The van der Waals surface area contributed by atoms with Gasteiger partial charge in [0.1, 0.15) is 0 Å². The monoisotopic (exact) mass is 534 g/mol. The summed E-state index contributed by atoms with van der Waals surface area (Å²) in [5, 5.41) is 5.90. The molecule has 1 aliphatic rings. The van der Waals surface area contributed by atoms with Crippen LogP contribution in [0, 0.1) is 13.8 Å². The first-order valence-electron chi connectivity index (χ1n) is 10.6. The fourth-order valence-corrected chi connectivity index (χ4v) is 4.74. The van der Waals surface area contributed by atoms with E-state index in [1.165, 1.54) is 0 Å². The highest BCUT2D eigenvalue weighted by Crippen LogP contribution is 2.23. The van der Waals surface area contributed by atoms with Gasteiger partial charge < -0.3 is 4.90 Å². The molecule has 0 saturated carbocycles. The zero-order valence-corrected chi connectivity index (χ0v) is 21.2. The van der Waals surface area contributed by atoms with Crippen molar-refractivity contribution >= 4 is 45.0 Å². The minimum Gasteiger partial charge on any atom is -0.336 e. The topological polar surface area (TPSA) is 41.4 Å². The van der Waals surface area contributed by atoms with Gasteiger partial charge in [0.05, 0.1) is 22.4 Å². The predicted molar refractivity (Wildman–Crippen MR) is 133 cm³/mol. The average Bonchev–Trinajstić information content (AvgIpc) is 3.02. The summed E-state index contributed by atoms with van der Waals surface area (Å²) in [6.07, 6.45) is 0. The van der Waals surface area contributed by atoms with Crippen LogP contribution < -0.4 is 0 Å². The summed E-state index contributed by atoms with van der Waals surface area (Å²) in [4.78, 5) is 17.4. The molecule has 0 N–H and O–H groups in total. The Labute approximate surface area is 207 Å². The van der Waals surface area contributed by atoms with Crippen molar-refractivity contribution in [3.05, 3.63) is 85.1 Å². The molecule has 0 unspecified atom stereocenters. The third-order valence-corrected chi connectivity index (χ3v) is 7.60. The van der Waals surface area contributed by atoms with Crippen LogP contribution in [0.15, 0.2) is 46.9 Å². The number of halogens is 3. The maximum atomic E-state index is 13.1. The van der Waals surface area contributed by atoms with Gasteiger partial charge in [-0.2, -0.15) is 5.10 Å². The van der Waals surface area contributed by atoms with Crippen LogP contribution in [0.5, 0.6) is 0 Å². The largest absolute Gasteiger partial charge is 0.336 e. The summed E-state index contributed by atoms with van der Waals surface area (Å²) in [7, 11) is 0. The third kappa shape index (κ3) is 5.20. The van der Waals surface area contributed by atoms with E-state index in [0.717, 1.165) is 52.2 Å². The smallest absolute Gasteiger partial charge is 0.253 e. The Hall–Kier alpha value is -1.86. The Morgan fingerprint density at radius 3 is 2.44 bits per heavy atom. The fraction of sp³-hybridized carbons (Fsp3) is 0.333. The van der Waals surface area contributed by atoms with Gasteiger partial charge in [-0.15, -0.1) is 0 Å². The number of benzene rings is 2. The highest BCUT2D eigenvalue weighted by atomic mass is 79.9. The molecular formula is C24H25BrCl2N4O. The summed E-state index contributed by atoms with van der Waals surface area (Å²) in [6.45, 7) is 8.41. The van der Waals surface area contributed by atoms with E-state index in [0.29, 0.717) is 29.7 Å². The minimum atomic E-state index is 0.0746. The zero-order valence-electron chi connectivity index (χ0n) is 18.1. The quantitative estimate of drug-likeness (QED) is 0.428. The van der Waals surface area contributed by atoms with Crippen LogP contribution in [0.2, 0.25) is 10.0 Å². The van der Waals surface area contributed by atoms with Crippen LogP contribution >= 0.6 is 39.1 Å². The standard InChI is InChI=1S/C24H25BrCl2N4O/c1-16-23(25)17(2)31(28-16)14-18-4-3-5-19(12-18)24(32)30-10-8-29(9-11-30)15-20-6-7-21(26)13-22(20)27/h3-7,12-13H,8-11,14-15H2,1-2H3. The molecule has 4 rings (SSSR count). The maximum absolute atomic E-state index is 13.1. The minimum absolute atomic E-state index is 0.0746. The lowest BCUT2D eigenvalue weighted by Crippen LogP contribution is -2.48. The lowest BCUT2D eigenvalue weighted by molar-refractivity contribution is 0.0628. The molecule has 1 aliphatic heterocycles. The molecule has 0 bridgehead atoms. The van der Waals surface area contributed by atoms with Crippen LogP contribution in [-0.2, 0) is 13.1 Å². The maximum Gasteiger partial charge on any atom is 0.253 e. The van der Waals surface area contributed by atoms with Gasteiger partial charge in [-0.1, -0.05) is 41.4 Å². The molecule has 1 aromatic heterocycles. The van der Waals surface area contributed by atoms with Crippen molar-refractivity contribution in [2.45, 2.75) is 26.9 Å². The van der Waals surface area contributed by atoms with Crippen molar-refractivity contribution in [2.75, 3.05) is 26.2 Å². The van der Waals surface area contributed by atoms with Crippen molar-refractivity contribution < 1.29 is 4.79 Å². The van der Waals surface area contributed by atoms with E-state index in [1.54, 1.807) is 6.07 Å². The SMILES string of the molecule is Cc1nn(Cc2cccc(C(=O)N3CCN(Cc4ccc(Cl)cc4Cl)CC3)c2)c(C)c1Br. The van der Waals surface area contributed by atoms with E-state index in [9.17, 15) is 4.79 Å². The van der Waals surface area contributed by atoms with Crippen LogP contribution in [0.25, 0.3) is 0 Å². The fourth-order valence-electron chi connectivity index (χ4n) is 3.99.